The van der Waals surface area contributed by atoms with E-state index in [1.54, 1.807) is 23.1 Å². The smallest absolute Gasteiger partial charge is 0.326 e. The number of halogens is 1. The molecule has 2 aromatic rings. The van der Waals surface area contributed by atoms with E-state index >= 15 is 0 Å². The number of urea groups is 1. The van der Waals surface area contributed by atoms with Gasteiger partial charge in [0.2, 0.25) is 0 Å². The fraction of sp³-hybridized carbons (Fsp3) is 0.188. The van der Waals surface area contributed by atoms with Gasteiger partial charge in [0.15, 0.2) is 0 Å². The maximum absolute atomic E-state index is 13.2. The zero-order chi connectivity index (χ0) is 15.0. The van der Waals surface area contributed by atoms with Crippen molar-refractivity contribution in [2.45, 2.75) is 19.4 Å². The van der Waals surface area contributed by atoms with Gasteiger partial charge in [0, 0.05) is 23.1 Å². The second-order valence-corrected chi connectivity index (χ2v) is 5.25. The van der Waals surface area contributed by atoms with E-state index in [0.717, 1.165) is 17.7 Å². The number of hydrogen-bond acceptors (Lipinski definition) is 2. The van der Waals surface area contributed by atoms with Gasteiger partial charge < -0.3 is 11.1 Å². The van der Waals surface area contributed by atoms with Gasteiger partial charge in [0.1, 0.15) is 5.82 Å². The molecule has 3 rings (SSSR count). The standard InChI is InChI=1S/C16H16FN3O/c1-10-7-11-8-13(18)5-6-15(11)20(10)16(21)19-14-4-2-3-12(17)9-14/h2-6,8-10H,7,18H2,1H3,(H,19,21). The van der Waals surface area contributed by atoms with Crippen molar-refractivity contribution in [3.8, 4) is 0 Å². The van der Waals surface area contributed by atoms with Crippen LogP contribution in [0.5, 0.6) is 0 Å². The molecular weight excluding hydrogens is 269 g/mol. The van der Waals surface area contributed by atoms with Gasteiger partial charge in [0.25, 0.3) is 0 Å². The van der Waals surface area contributed by atoms with E-state index in [-0.39, 0.29) is 17.9 Å². The van der Waals surface area contributed by atoms with Gasteiger partial charge in [-0.05, 0) is 55.3 Å². The van der Waals surface area contributed by atoms with Crippen LogP contribution in [0.25, 0.3) is 0 Å². The van der Waals surface area contributed by atoms with Crippen LogP contribution in [0, 0.1) is 5.82 Å². The Bertz CT molecular complexity index is 702. The molecule has 1 atom stereocenters. The Balaban J connectivity index is 1.85. The third-order valence-corrected chi connectivity index (χ3v) is 3.61. The summed E-state index contributed by atoms with van der Waals surface area (Å²) >= 11 is 0. The fourth-order valence-electron chi connectivity index (χ4n) is 2.71. The molecule has 0 fully saturated rings. The maximum Gasteiger partial charge on any atom is 0.326 e. The van der Waals surface area contributed by atoms with E-state index in [4.69, 9.17) is 5.73 Å². The first-order chi connectivity index (χ1) is 10.0. The summed E-state index contributed by atoms with van der Waals surface area (Å²) in [5.74, 6) is -0.379. The van der Waals surface area contributed by atoms with Crippen LogP contribution in [0.4, 0.5) is 26.2 Å². The molecule has 1 aliphatic heterocycles. The topological polar surface area (TPSA) is 58.4 Å². The number of benzene rings is 2. The molecule has 5 heteroatoms. The van der Waals surface area contributed by atoms with Crippen molar-refractivity contribution < 1.29 is 9.18 Å². The molecular formula is C16H16FN3O. The van der Waals surface area contributed by atoms with E-state index in [2.05, 4.69) is 5.32 Å². The summed E-state index contributed by atoms with van der Waals surface area (Å²) in [5, 5.41) is 2.73. The van der Waals surface area contributed by atoms with Crippen molar-refractivity contribution >= 4 is 23.1 Å². The summed E-state index contributed by atoms with van der Waals surface area (Å²) in [5.41, 5.74) is 8.81. The normalized spacial score (nSPS) is 16.7. The van der Waals surface area contributed by atoms with Gasteiger partial charge in [-0.15, -0.1) is 0 Å². The summed E-state index contributed by atoms with van der Waals surface area (Å²) in [4.78, 5) is 14.1. The lowest BCUT2D eigenvalue weighted by molar-refractivity contribution is 0.256. The summed E-state index contributed by atoms with van der Waals surface area (Å²) < 4.78 is 13.2. The minimum Gasteiger partial charge on any atom is -0.399 e. The minimum absolute atomic E-state index is 0.0374. The van der Waals surface area contributed by atoms with Crippen molar-refractivity contribution in [1.29, 1.82) is 0 Å². The molecule has 0 radical (unpaired) electrons. The second kappa shape index (κ2) is 5.09. The Labute approximate surface area is 122 Å². The first-order valence-corrected chi connectivity index (χ1v) is 6.79. The lowest BCUT2D eigenvalue weighted by Crippen LogP contribution is -2.39. The van der Waals surface area contributed by atoms with Crippen molar-refractivity contribution in [2.24, 2.45) is 0 Å². The van der Waals surface area contributed by atoms with Gasteiger partial charge >= 0.3 is 6.03 Å². The van der Waals surface area contributed by atoms with Gasteiger partial charge in [-0.2, -0.15) is 0 Å². The summed E-state index contributed by atoms with van der Waals surface area (Å²) in [6.45, 7) is 1.97. The van der Waals surface area contributed by atoms with E-state index in [1.807, 2.05) is 19.1 Å². The number of anilines is 3. The molecule has 3 N–H and O–H groups in total. The van der Waals surface area contributed by atoms with Crippen molar-refractivity contribution in [1.82, 2.24) is 0 Å². The van der Waals surface area contributed by atoms with E-state index in [1.165, 1.54) is 12.1 Å². The molecule has 0 aliphatic carbocycles. The highest BCUT2D eigenvalue weighted by molar-refractivity contribution is 6.03. The molecule has 0 saturated heterocycles. The molecule has 2 aromatic carbocycles. The number of nitrogens with one attached hydrogen (secondary N) is 1. The predicted molar refractivity (Wildman–Crippen MR) is 81.9 cm³/mol. The Morgan fingerprint density at radius 2 is 2.14 bits per heavy atom. The van der Waals surface area contributed by atoms with Crippen LogP contribution in [0.3, 0.4) is 0 Å². The Morgan fingerprint density at radius 3 is 2.90 bits per heavy atom. The molecule has 0 spiro atoms. The second-order valence-electron chi connectivity index (χ2n) is 5.25. The number of nitrogens with zero attached hydrogens (tertiary/aromatic N) is 1. The van der Waals surface area contributed by atoms with Crippen LogP contribution in [0.2, 0.25) is 0 Å². The lowest BCUT2D eigenvalue weighted by Gasteiger charge is -2.23. The third kappa shape index (κ3) is 2.54. The first kappa shape index (κ1) is 13.4. The van der Waals surface area contributed by atoms with Gasteiger partial charge in [0.05, 0.1) is 0 Å². The van der Waals surface area contributed by atoms with Crippen LogP contribution in [-0.2, 0) is 6.42 Å². The zero-order valence-corrected chi connectivity index (χ0v) is 11.6. The largest absolute Gasteiger partial charge is 0.399 e. The lowest BCUT2D eigenvalue weighted by atomic mass is 10.1. The number of carbonyl (C=O) groups is 1. The average Bonchev–Trinajstić information content (AvgIpc) is 2.73. The van der Waals surface area contributed by atoms with Crippen LogP contribution in [-0.4, -0.2) is 12.1 Å². The highest BCUT2D eigenvalue weighted by Gasteiger charge is 2.31. The predicted octanol–water partition coefficient (Wildman–Crippen LogP) is 3.39. The Hall–Kier alpha value is -2.56. The SMILES string of the molecule is CC1Cc2cc(N)ccc2N1C(=O)Nc1cccc(F)c1. The molecule has 1 unspecified atom stereocenters. The number of nitrogen functional groups attached to an aromatic ring is 1. The number of rotatable bonds is 1. The monoisotopic (exact) mass is 285 g/mol. The van der Waals surface area contributed by atoms with Crippen LogP contribution >= 0.6 is 0 Å². The zero-order valence-electron chi connectivity index (χ0n) is 11.6. The highest BCUT2D eigenvalue weighted by atomic mass is 19.1. The molecule has 108 valence electrons. The van der Waals surface area contributed by atoms with Crippen LogP contribution in [0.15, 0.2) is 42.5 Å². The molecule has 2 amide bonds. The Morgan fingerprint density at radius 1 is 1.33 bits per heavy atom. The van der Waals surface area contributed by atoms with E-state index in [0.29, 0.717) is 11.4 Å². The highest BCUT2D eigenvalue weighted by Crippen LogP contribution is 2.33. The molecule has 21 heavy (non-hydrogen) atoms. The molecule has 0 bridgehead atoms. The number of amides is 2. The number of carbonyl (C=O) groups excluding carboxylic acids is 1. The third-order valence-electron chi connectivity index (χ3n) is 3.61. The van der Waals surface area contributed by atoms with Crippen LogP contribution < -0.4 is 16.0 Å². The fourth-order valence-corrected chi connectivity index (χ4v) is 2.71. The molecule has 0 aromatic heterocycles. The molecule has 4 nitrogen and oxygen atoms in total. The van der Waals surface area contributed by atoms with Crippen LogP contribution in [0.1, 0.15) is 12.5 Å². The molecule has 1 aliphatic rings. The number of nitrogens with two attached hydrogens (primary N) is 1. The molecule has 0 saturated carbocycles. The van der Waals surface area contributed by atoms with Crippen molar-refractivity contribution in [2.75, 3.05) is 16.0 Å². The first-order valence-electron chi connectivity index (χ1n) is 6.79. The van der Waals surface area contributed by atoms with Gasteiger partial charge in [-0.25, -0.2) is 9.18 Å². The van der Waals surface area contributed by atoms with Gasteiger partial charge in [-0.3, -0.25) is 4.90 Å². The Kier molecular flexibility index (Phi) is 3.25. The molecule has 1 heterocycles. The average molecular weight is 285 g/mol. The summed E-state index contributed by atoms with van der Waals surface area (Å²) in [6.07, 6.45) is 0.761. The van der Waals surface area contributed by atoms with Crippen molar-refractivity contribution in [3.63, 3.8) is 0 Å². The number of hydrogen-bond donors (Lipinski definition) is 2. The number of fused-ring (bicyclic) bond motifs is 1. The summed E-state index contributed by atoms with van der Waals surface area (Å²) in [7, 11) is 0. The summed E-state index contributed by atoms with van der Waals surface area (Å²) in [6, 6.07) is 11.1. The van der Waals surface area contributed by atoms with E-state index < -0.39 is 0 Å². The van der Waals surface area contributed by atoms with E-state index in [9.17, 15) is 9.18 Å². The quantitative estimate of drug-likeness (QED) is 0.789. The maximum atomic E-state index is 13.2. The van der Waals surface area contributed by atoms with Crippen molar-refractivity contribution in [3.05, 3.63) is 53.8 Å². The minimum atomic E-state index is -0.379. The van der Waals surface area contributed by atoms with Gasteiger partial charge in [-0.1, -0.05) is 6.07 Å².